The van der Waals surface area contributed by atoms with Crippen molar-refractivity contribution in [2.24, 2.45) is 0 Å². The highest BCUT2D eigenvalue weighted by molar-refractivity contribution is 5.98. The summed E-state index contributed by atoms with van der Waals surface area (Å²) in [6.45, 7) is 5.07. The van der Waals surface area contributed by atoms with Gasteiger partial charge in [0.25, 0.3) is 11.5 Å². The predicted molar refractivity (Wildman–Crippen MR) is 123 cm³/mol. The maximum atomic E-state index is 13.0. The highest BCUT2D eigenvalue weighted by Crippen LogP contribution is 2.15. The summed E-state index contributed by atoms with van der Waals surface area (Å²) < 4.78 is 7.04. The fourth-order valence-electron chi connectivity index (χ4n) is 3.50. The van der Waals surface area contributed by atoms with Crippen LogP contribution in [0.1, 0.15) is 34.1 Å². The van der Waals surface area contributed by atoms with Crippen LogP contribution in [0.3, 0.4) is 0 Å². The first-order chi connectivity index (χ1) is 15.5. The summed E-state index contributed by atoms with van der Waals surface area (Å²) in [7, 11) is 0. The number of rotatable bonds is 7. The lowest BCUT2D eigenvalue weighted by molar-refractivity contribution is 0.0950. The molecule has 0 saturated carbocycles. The fourth-order valence-corrected chi connectivity index (χ4v) is 3.50. The summed E-state index contributed by atoms with van der Waals surface area (Å²) in [6.07, 6.45) is 5.14. The zero-order chi connectivity index (χ0) is 22.5. The van der Waals surface area contributed by atoms with Gasteiger partial charge in [0.05, 0.1) is 35.3 Å². The number of hydrogen-bond donors (Lipinski definition) is 1. The minimum Gasteiger partial charge on any atom is -0.494 e. The van der Waals surface area contributed by atoms with E-state index in [1.807, 2.05) is 43.3 Å². The van der Waals surface area contributed by atoms with Gasteiger partial charge in [0, 0.05) is 25.1 Å². The first kappa shape index (κ1) is 21.2. The SMILES string of the molecule is CCOc1ccc(CNC(=O)c2cc3c(=O)n(Cc4cccnc4)ccc3nc2C)cc1. The second-order valence-electron chi connectivity index (χ2n) is 7.42. The van der Waals surface area contributed by atoms with Gasteiger partial charge >= 0.3 is 0 Å². The van der Waals surface area contributed by atoms with Gasteiger partial charge in [-0.1, -0.05) is 18.2 Å². The monoisotopic (exact) mass is 428 g/mol. The Kier molecular flexibility index (Phi) is 6.26. The molecule has 0 aliphatic heterocycles. The number of aromatic nitrogens is 3. The van der Waals surface area contributed by atoms with E-state index in [1.54, 1.807) is 42.2 Å². The van der Waals surface area contributed by atoms with Crippen LogP contribution < -0.4 is 15.6 Å². The first-order valence-corrected chi connectivity index (χ1v) is 10.4. The highest BCUT2D eigenvalue weighted by Gasteiger charge is 2.14. The summed E-state index contributed by atoms with van der Waals surface area (Å²) in [5, 5.41) is 3.32. The molecular formula is C25H24N4O3. The van der Waals surface area contributed by atoms with Crippen molar-refractivity contribution in [2.75, 3.05) is 6.61 Å². The Balaban J connectivity index is 1.56. The Bertz CT molecular complexity index is 1300. The van der Waals surface area contributed by atoms with Crippen LogP contribution in [0.15, 0.2) is 71.9 Å². The van der Waals surface area contributed by atoms with Crippen LogP contribution in [0.25, 0.3) is 10.9 Å². The maximum Gasteiger partial charge on any atom is 0.260 e. The predicted octanol–water partition coefficient (Wildman–Crippen LogP) is 3.48. The van der Waals surface area contributed by atoms with E-state index in [9.17, 15) is 9.59 Å². The van der Waals surface area contributed by atoms with E-state index in [4.69, 9.17) is 4.74 Å². The number of amides is 1. The van der Waals surface area contributed by atoms with Gasteiger partial charge in [0.1, 0.15) is 5.75 Å². The fraction of sp³-hybridized carbons (Fsp3) is 0.200. The third kappa shape index (κ3) is 4.67. The van der Waals surface area contributed by atoms with Crippen molar-refractivity contribution in [1.82, 2.24) is 19.9 Å². The zero-order valence-corrected chi connectivity index (χ0v) is 18.0. The Morgan fingerprint density at radius 3 is 2.66 bits per heavy atom. The molecule has 0 aliphatic rings. The van der Waals surface area contributed by atoms with E-state index in [2.05, 4.69) is 15.3 Å². The van der Waals surface area contributed by atoms with Crippen LogP contribution in [0.5, 0.6) is 5.75 Å². The van der Waals surface area contributed by atoms with Crippen molar-refractivity contribution in [2.45, 2.75) is 26.9 Å². The summed E-state index contributed by atoms with van der Waals surface area (Å²) in [5.41, 5.74) is 3.21. The van der Waals surface area contributed by atoms with Gasteiger partial charge in [-0.25, -0.2) is 0 Å². The van der Waals surface area contributed by atoms with Crippen LogP contribution >= 0.6 is 0 Å². The van der Waals surface area contributed by atoms with Crippen LogP contribution in [-0.4, -0.2) is 27.0 Å². The molecule has 7 nitrogen and oxygen atoms in total. The molecule has 7 heteroatoms. The normalized spacial score (nSPS) is 10.8. The Labute approximate surface area is 185 Å². The smallest absolute Gasteiger partial charge is 0.260 e. The number of carbonyl (C=O) groups is 1. The molecule has 32 heavy (non-hydrogen) atoms. The molecule has 4 rings (SSSR count). The van der Waals surface area contributed by atoms with E-state index in [-0.39, 0.29) is 11.5 Å². The Morgan fingerprint density at radius 1 is 1.12 bits per heavy atom. The molecular weight excluding hydrogens is 404 g/mol. The van der Waals surface area contributed by atoms with E-state index in [1.165, 1.54) is 0 Å². The number of ether oxygens (including phenoxy) is 1. The quantitative estimate of drug-likeness (QED) is 0.487. The molecule has 0 atom stereocenters. The summed E-state index contributed by atoms with van der Waals surface area (Å²) in [5.74, 6) is 0.521. The van der Waals surface area contributed by atoms with Gasteiger partial charge in [0.2, 0.25) is 0 Å². The molecule has 0 fully saturated rings. The average Bonchev–Trinajstić information content (AvgIpc) is 2.81. The number of hydrogen-bond acceptors (Lipinski definition) is 5. The van der Waals surface area contributed by atoms with Crippen molar-refractivity contribution in [1.29, 1.82) is 0 Å². The van der Waals surface area contributed by atoms with Crippen LogP contribution in [0, 0.1) is 6.92 Å². The lowest BCUT2D eigenvalue weighted by atomic mass is 10.1. The third-order valence-corrected chi connectivity index (χ3v) is 5.15. The molecule has 0 unspecified atom stereocenters. The Morgan fingerprint density at radius 2 is 1.94 bits per heavy atom. The second kappa shape index (κ2) is 9.43. The minimum atomic E-state index is -0.271. The molecule has 162 valence electrons. The van der Waals surface area contributed by atoms with Gasteiger partial charge in [-0.3, -0.25) is 19.6 Å². The lowest BCUT2D eigenvalue weighted by Crippen LogP contribution is -2.25. The van der Waals surface area contributed by atoms with Crippen molar-refractivity contribution in [3.05, 3.63) is 99.9 Å². The standard InChI is InChI=1S/C25H24N4O3/c1-3-32-20-8-6-18(7-9-20)15-27-24(30)21-13-22-23(28-17(21)2)10-12-29(25(22)31)16-19-5-4-11-26-14-19/h4-14H,3,15-16H2,1-2H3,(H,27,30). The van der Waals surface area contributed by atoms with E-state index >= 15 is 0 Å². The highest BCUT2D eigenvalue weighted by atomic mass is 16.5. The molecule has 0 bridgehead atoms. The van der Waals surface area contributed by atoms with Gasteiger partial charge in [-0.2, -0.15) is 0 Å². The largest absolute Gasteiger partial charge is 0.494 e. The number of pyridine rings is 3. The molecule has 1 aromatic carbocycles. The van der Waals surface area contributed by atoms with Gasteiger partial charge in [0.15, 0.2) is 0 Å². The van der Waals surface area contributed by atoms with Gasteiger partial charge in [-0.05, 0) is 55.3 Å². The second-order valence-corrected chi connectivity index (χ2v) is 7.42. The first-order valence-electron chi connectivity index (χ1n) is 10.4. The lowest BCUT2D eigenvalue weighted by Gasteiger charge is -2.11. The van der Waals surface area contributed by atoms with Crippen molar-refractivity contribution >= 4 is 16.8 Å². The molecule has 3 heterocycles. The number of aryl methyl sites for hydroxylation is 1. The van der Waals surface area contributed by atoms with E-state index in [0.717, 1.165) is 16.9 Å². The molecule has 0 spiro atoms. The summed E-state index contributed by atoms with van der Waals surface area (Å²) in [4.78, 5) is 34.5. The van der Waals surface area contributed by atoms with Crippen LogP contribution in [-0.2, 0) is 13.1 Å². The van der Waals surface area contributed by atoms with Gasteiger partial charge in [-0.15, -0.1) is 0 Å². The number of fused-ring (bicyclic) bond motifs is 1. The topological polar surface area (TPSA) is 86.1 Å². The van der Waals surface area contributed by atoms with Crippen molar-refractivity contribution < 1.29 is 9.53 Å². The van der Waals surface area contributed by atoms with Crippen molar-refractivity contribution in [3.63, 3.8) is 0 Å². The number of benzene rings is 1. The molecule has 1 N–H and O–H groups in total. The minimum absolute atomic E-state index is 0.195. The molecule has 1 amide bonds. The molecule has 0 saturated heterocycles. The number of nitrogens with one attached hydrogen (secondary N) is 1. The zero-order valence-electron chi connectivity index (χ0n) is 18.0. The molecule has 0 radical (unpaired) electrons. The summed E-state index contributed by atoms with van der Waals surface area (Å²) in [6, 6.07) is 14.7. The molecule has 0 aliphatic carbocycles. The van der Waals surface area contributed by atoms with Gasteiger partial charge < -0.3 is 14.6 Å². The van der Waals surface area contributed by atoms with E-state index < -0.39 is 0 Å². The third-order valence-electron chi connectivity index (χ3n) is 5.15. The maximum absolute atomic E-state index is 13.0. The van der Waals surface area contributed by atoms with Crippen molar-refractivity contribution in [3.8, 4) is 5.75 Å². The number of carbonyl (C=O) groups excluding carboxylic acids is 1. The van der Waals surface area contributed by atoms with E-state index in [0.29, 0.717) is 41.9 Å². The molecule has 3 aromatic heterocycles. The molecule has 4 aromatic rings. The number of nitrogens with zero attached hydrogens (tertiary/aromatic N) is 3. The van der Waals surface area contributed by atoms with Crippen LogP contribution in [0.4, 0.5) is 0 Å². The van der Waals surface area contributed by atoms with Crippen LogP contribution in [0.2, 0.25) is 0 Å². The summed E-state index contributed by atoms with van der Waals surface area (Å²) >= 11 is 0. The average molecular weight is 428 g/mol. The Hall–Kier alpha value is -4.00.